The monoisotopic (exact) mass is 137 g/mol. The van der Waals surface area contributed by atoms with Gasteiger partial charge in [-0.3, -0.25) is 0 Å². The lowest BCUT2D eigenvalue weighted by Crippen LogP contribution is -2.01. The van der Waals surface area contributed by atoms with Gasteiger partial charge in [0, 0.05) is 12.7 Å². The summed E-state index contributed by atoms with van der Waals surface area (Å²) >= 11 is 0. The molecule has 0 saturated heterocycles. The molecule has 1 aromatic heterocycles. The highest BCUT2D eigenvalue weighted by molar-refractivity contribution is 5.36. The van der Waals surface area contributed by atoms with Gasteiger partial charge in [0.2, 0.25) is 0 Å². The lowest BCUT2D eigenvalue weighted by atomic mass is 10.1. The van der Waals surface area contributed by atoms with Crippen LogP contribution >= 0.6 is 0 Å². The average Bonchev–Trinajstić information content (AvgIpc) is 1.94. The third-order valence-corrected chi connectivity index (χ3v) is 1.46. The maximum Gasteiger partial charge on any atom is 0.123 e. The minimum absolute atomic E-state index is 0.526. The molecule has 0 saturated carbocycles. The van der Waals surface area contributed by atoms with Crippen LogP contribution in [-0.2, 0) is 6.54 Å². The molecule has 3 nitrogen and oxygen atoms in total. The van der Waals surface area contributed by atoms with E-state index in [-0.39, 0.29) is 0 Å². The maximum absolute atomic E-state index is 5.44. The Kier molecular flexibility index (Phi) is 1.87. The van der Waals surface area contributed by atoms with Gasteiger partial charge in [-0.15, -0.1) is 0 Å². The third-order valence-electron chi connectivity index (χ3n) is 1.46. The Morgan fingerprint density at radius 3 is 2.80 bits per heavy atom. The second kappa shape index (κ2) is 2.66. The van der Waals surface area contributed by atoms with Gasteiger partial charge < -0.3 is 11.5 Å². The Morgan fingerprint density at radius 2 is 2.30 bits per heavy atom. The first-order valence-corrected chi connectivity index (χ1v) is 3.15. The number of aryl methyl sites for hydroxylation is 1. The highest BCUT2D eigenvalue weighted by Crippen LogP contribution is 2.07. The molecule has 0 spiro atoms. The van der Waals surface area contributed by atoms with E-state index in [0.29, 0.717) is 12.4 Å². The van der Waals surface area contributed by atoms with Crippen molar-refractivity contribution in [3.05, 3.63) is 23.4 Å². The molecule has 0 aromatic carbocycles. The van der Waals surface area contributed by atoms with E-state index in [9.17, 15) is 0 Å². The molecule has 0 amide bonds. The molecule has 10 heavy (non-hydrogen) atoms. The van der Waals surface area contributed by atoms with Crippen LogP contribution < -0.4 is 11.5 Å². The fraction of sp³-hybridized carbons (Fsp3) is 0.286. The van der Waals surface area contributed by atoms with E-state index in [4.69, 9.17) is 11.5 Å². The molecule has 4 N–H and O–H groups in total. The zero-order valence-corrected chi connectivity index (χ0v) is 5.96. The maximum atomic E-state index is 5.44. The van der Waals surface area contributed by atoms with Crippen molar-refractivity contribution in [1.82, 2.24) is 4.98 Å². The molecule has 3 heteroatoms. The van der Waals surface area contributed by atoms with Crippen molar-refractivity contribution in [3.8, 4) is 0 Å². The topological polar surface area (TPSA) is 64.9 Å². The molecule has 0 aliphatic carbocycles. The first kappa shape index (κ1) is 7.02. The van der Waals surface area contributed by atoms with Crippen molar-refractivity contribution in [1.29, 1.82) is 0 Å². The zero-order chi connectivity index (χ0) is 7.56. The highest BCUT2D eigenvalue weighted by Gasteiger charge is 1.95. The summed E-state index contributed by atoms with van der Waals surface area (Å²) in [6.45, 7) is 2.49. The fourth-order valence-electron chi connectivity index (χ4n) is 0.804. The van der Waals surface area contributed by atoms with E-state index >= 15 is 0 Å². The smallest absolute Gasteiger partial charge is 0.123 e. The highest BCUT2D eigenvalue weighted by atomic mass is 14.8. The average molecular weight is 137 g/mol. The van der Waals surface area contributed by atoms with Crippen LogP contribution in [0.4, 0.5) is 5.82 Å². The standard InChI is InChI=1S/C7H11N3/c1-5-4-10-7(9)2-6(5)3-8/h2,4H,3,8H2,1H3,(H2,9,10). The van der Waals surface area contributed by atoms with E-state index in [2.05, 4.69) is 4.98 Å². The number of nitrogens with zero attached hydrogens (tertiary/aromatic N) is 1. The lowest BCUT2D eigenvalue weighted by molar-refractivity contribution is 1.04. The summed E-state index contributed by atoms with van der Waals surface area (Å²) in [5.41, 5.74) is 13.0. The molecular formula is C7H11N3. The summed E-state index contributed by atoms with van der Waals surface area (Å²) in [4.78, 5) is 3.91. The molecule has 1 aromatic rings. The number of nitrogens with two attached hydrogens (primary N) is 2. The summed E-state index contributed by atoms with van der Waals surface area (Å²) in [6.07, 6.45) is 1.73. The molecule has 0 aliphatic rings. The van der Waals surface area contributed by atoms with Crippen molar-refractivity contribution < 1.29 is 0 Å². The molecule has 0 fully saturated rings. The molecular weight excluding hydrogens is 126 g/mol. The summed E-state index contributed by atoms with van der Waals surface area (Å²) in [5.74, 6) is 0.533. The van der Waals surface area contributed by atoms with Gasteiger partial charge in [-0.25, -0.2) is 4.98 Å². The minimum atomic E-state index is 0.526. The van der Waals surface area contributed by atoms with Crippen LogP contribution in [-0.4, -0.2) is 4.98 Å². The fourth-order valence-corrected chi connectivity index (χ4v) is 0.804. The van der Waals surface area contributed by atoms with E-state index in [0.717, 1.165) is 11.1 Å². The summed E-state index contributed by atoms with van der Waals surface area (Å²) < 4.78 is 0. The van der Waals surface area contributed by atoms with Crippen LogP contribution in [0.3, 0.4) is 0 Å². The first-order valence-electron chi connectivity index (χ1n) is 3.15. The number of hydrogen-bond acceptors (Lipinski definition) is 3. The normalized spacial score (nSPS) is 9.80. The van der Waals surface area contributed by atoms with E-state index in [1.807, 2.05) is 6.92 Å². The van der Waals surface area contributed by atoms with Crippen LogP contribution in [0.15, 0.2) is 12.3 Å². The van der Waals surface area contributed by atoms with Crippen LogP contribution in [0.25, 0.3) is 0 Å². The van der Waals surface area contributed by atoms with E-state index < -0.39 is 0 Å². The number of nitrogen functional groups attached to an aromatic ring is 1. The quantitative estimate of drug-likeness (QED) is 0.590. The molecule has 1 rings (SSSR count). The number of aromatic nitrogens is 1. The number of anilines is 1. The van der Waals surface area contributed by atoms with E-state index in [1.165, 1.54) is 0 Å². The summed E-state index contributed by atoms with van der Waals surface area (Å²) in [7, 11) is 0. The van der Waals surface area contributed by atoms with Crippen LogP contribution in [0, 0.1) is 6.92 Å². The minimum Gasteiger partial charge on any atom is -0.384 e. The SMILES string of the molecule is Cc1cnc(N)cc1CN. The van der Waals surface area contributed by atoms with Crippen molar-refractivity contribution in [3.63, 3.8) is 0 Å². The van der Waals surface area contributed by atoms with Crippen LogP contribution in [0.2, 0.25) is 0 Å². The second-order valence-corrected chi connectivity index (χ2v) is 2.24. The molecule has 54 valence electrons. The summed E-state index contributed by atoms with van der Waals surface area (Å²) in [6, 6.07) is 1.80. The molecule has 0 bridgehead atoms. The number of rotatable bonds is 1. The molecule has 0 aliphatic heterocycles. The van der Waals surface area contributed by atoms with Gasteiger partial charge in [-0.05, 0) is 24.1 Å². The van der Waals surface area contributed by atoms with Crippen molar-refractivity contribution in [2.24, 2.45) is 5.73 Å². The van der Waals surface area contributed by atoms with Crippen molar-refractivity contribution in [2.45, 2.75) is 13.5 Å². The molecule has 0 atom stereocenters. The molecule has 0 unspecified atom stereocenters. The lowest BCUT2D eigenvalue weighted by Gasteiger charge is -2.01. The van der Waals surface area contributed by atoms with Crippen molar-refractivity contribution in [2.75, 3.05) is 5.73 Å². The summed E-state index contributed by atoms with van der Waals surface area (Å²) in [5, 5.41) is 0. The number of pyridine rings is 1. The Hall–Kier alpha value is -1.09. The number of hydrogen-bond donors (Lipinski definition) is 2. The van der Waals surface area contributed by atoms with Crippen molar-refractivity contribution >= 4 is 5.82 Å². The zero-order valence-electron chi connectivity index (χ0n) is 5.96. The predicted octanol–water partition coefficient (Wildman–Crippen LogP) is 0.431. The van der Waals surface area contributed by atoms with Gasteiger partial charge >= 0.3 is 0 Å². The van der Waals surface area contributed by atoms with E-state index in [1.54, 1.807) is 12.3 Å². The molecule has 1 heterocycles. The Labute approximate surface area is 60.1 Å². The first-order chi connectivity index (χ1) is 4.74. The van der Waals surface area contributed by atoms with Gasteiger partial charge in [0.05, 0.1) is 0 Å². The van der Waals surface area contributed by atoms with Crippen LogP contribution in [0.5, 0.6) is 0 Å². The van der Waals surface area contributed by atoms with Gasteiger partial charge in [-0.2, -0.15) is 0 Å². The van der Waals surface area contributed by atoms with Gasteiger partial charge in [0.15, 0.2) is 0 Å². The van der Waals surface area contributed by atoms with Gasteiger partial charge in [0.25, 0.3) is 0 Å². The van der Waals surface area contributed by atoms with Gasteiger partial charge in [0.1, 0.15) is 5.82 Å². The Balaban J connectivity index is 3.09. The molecule has 0 radical (unpaired) electrons. The Bertz CT molecular complexity index is 232. The Morgan fingerprint density at radius 1 is 1.60 bits per heavy atom. The second-order valence-electron chi connectivity index (χ2n) is 2.24. The predicted molar refractivity (Wildman–Crippen MR) is 41.3 cm³/mol. The van der Waals surface area contributed by atoms with Gasteiger partial charge in [-0.1, -0.05) is 0 Å². The largest absolute Gasteiger partial charge is 0.384 e. The van der Waals surface area contributed by atoms with Crippen LogP contribution in [0.1, 0.15) is 11.1 Å². The third kappa shape index (κ3) is 1.25.